The number of hydrogen-bond acceptors (Lipinski definition) is 3. The van der Waals surface area contributed by atoms with E-state index < -0.39 is 10.2 Å². The van der Waals surface area contributed by atoms with Crippen molar-refractivity contribution in [3.63, 3.8) is 0 Å². The van der Waals surface area contributed by atoms with Crippen LogP contribution in [0, 0.1) is 5.92 Å². The van der Waals surface area contributed by atoms with Crippen LogP contribution >= 0.6 is 0 Å². The maximum Gasteiger partial charge on any atom is 0.281 e. The summed E-state index contributed by atoms with van der Waals surface area (Å²) in [6.07, 6.45) is 2.83. The molecule has 5 nitrogen and oxygen atoms in total. The minimum absolute atomic E-state index is 0.225. The first-order valence-corrected chi connectivity index (χ1v) is 10.3. The quantitative estimate of drug-likeness (QED) is 0.833. The van der Waals surface area contributed by atoms with Crippen LogP contribution in [0.1, 0.15) is 30.9 Å². The minimum atomic E-state index is -3.35. The van der Waals surface area contributed by atoms with E-state index in [4.69, 9.17) is 0 Å². The summed E-state index contributed by atoms with van der Waals surface area (Å²) in [7, 11) is 0.465. The molecule has 0 N–H and O–H groups in total. The van der Waals surface area contributed by atoms with Crippen molar-refractivity contribution in [3.8, 4) is 0 Å². The summed E-state index contributed by atoms with van der Waals surface area (Å²) in [4.78, 5) is 2.27. The van der Waals surface area contributed by atoms with Crippen LogP contribution in [0.4, 0.5) is 0 Å². The lowest BCUT2D eigenvalue weighted by molar-refractivity contribution is 0.185. The molecule has 0 spiro atoms. The van der Waals surface area contributed by atoms with Crippen molar-refractivity contribution in [2.24, 2.45) is 5.92 Å². The van der Waals surface area contributed by atoms with Crippen LogP contribution in [0.3, 0.4) is 0 Å². The summed E-state index contributed by atoms with van der Waals surface area (Å²) in [6.45, 7) is 4.92. The van der Waals surface area contributed by atoms with Crippen LogP contribution in [0.25, 0.3) is 0 Å². The van der Waals surface area contributed by atoms with Gasteiger partial charge in [-0.3, -0.25) is 4.90 Å². The number of nitrogens with zero attached hydrogens (tertiary/aromatic N) is 3. The van der Waals surface area contributed by atoms with Gasteiger partial charge in [0.25, 0.3) is 10.2 Å². The van der Waals surface area contributed by atoms with Crippen molar-refractivity contribution in [2.75, 3.05) is 33.7 Å². The second-order valence-corrected chi connectivity index (χ2v) is 9.45. The topological polar surface area (TPSA) is 43.9 Å². The molecule has 1 aromatic rings. The molecule has 0 saturated carbocycles. The summed E-state index contributed by atoms with van der Waals surface area (Å²) in [6, 6.07) is 8.69. The first-order valence-electron chi connectivity index (χ1n) is 8.86. The van der Waals surface area contributed by atoms with Gasteiger partial charge in [0.05, 0.1) is 0 Å². The van der Waals surface area contributed by atoms with Crippen molar-refractivity contribution in [1.82, 2.24) is 13.5 Å². The predicted molar refractivity (Wildman–Crippen MR) is 96.9 cm³/mol. The lowest BCUT2D eigenvalue weighted by Crippen LogP contribution is -2.51. The third-order valence-electron chi connectivity index (χ3n) is 5.55. The largest absolute Gasteiger partial charge is 0.298 e. The van der Waals surface area contributed by atoms with Gasteiger partial charge in [-0.05, 0) is 43.4 Å². The smallest absolute Gasteiger partial charge is 0.281 e. The van der Waals surface area contributed by atoms with Crippen molar-refractivity contribution in [2.45, 2.75) is 38.8 Å². The molecule has 24 heavy (non-hydrogen) atoms. The predicted octanol–water partition coefficient (Wildman–Crippen LogP) is 1.95. The zero-order valence-electron chi connectivity index (χ0n) is 15.0. The third kappa shape index (κ3) is 3.67. The number of fused-ring (bicyclic) bond motifs is 1. The second-order valence-electron chi connectivity index (χ2n) is 7.41. The molecule has 0 aromatic heterocycles. The van der Waals surface area contributed by atoms with E-state index in [0.717, 1.165) is 25.8 Å². The van der Waals surface area contributed by atoms with Crippen LogP contribution < -0.4 is 0 Å². The first kappa shape index (κ1) is 17.9. The monoisotopic (exact) mass is 351 g/mol. The normalized spacial score (nSPS) is 24.2. The molecule has 1 saturated heterocycles. The molecule has 2 aliphatic rings. The maximum absolute atomic E-state index is 12.9. The van der Waals surface area contributed by atoms with E-state index in [9.17, 15) is 8.42 Å². The lowest BCUT2D eigenvalue weighted by atomic mass is 9.94. The van der Waals surface area contributed by atoms with Crippen LogP contribution in [-0.2, 0) is 23.2 Å². The molecule has 2 aliphatic heterocycles. The van der Waals surface area contributed by atoms with Crippen molar-refractivity contribution in [3.05, 3.63) is 35.4 Å². The van der Waals surface area contributed by atoms with E-state index in [2.05, 4.69) is 43.1 Å². The summed E-state index contributed by atoms with van der Waals surface area (Å²) in [5, 5.41) is 0. The molecule has 1 atom stereocenters. The average Bonchev–Trinajstić information content (AvgIpc) is 2.56. The van der Waals surface area contributed by atoms with E-state index >= 15 is 0 Å². The fourth-order valence-electron chi connectivity index (χ4n) is 3.73. The molecular formula is C18H29N3O2S. The summed E-state index contributed by atoms with van der Waals surface area (Å²) in [5.74, 6) is 0.628. The lowest BCUT2D eigenvalue weighted by Gasteiger charge is -2.38. The summed E-state index contributed by atoms with van der Waals surface area (Å²) in [5.41, 5.74) is 2.70. The number of piperidine rings is 1. The Morgan fingerprint density at radius 2 is 1.79 bits per heavy atom. The Morgan fingerprint density at radius 1 is 1.17 bits per heavy atom. The molecule has 0 aliphatic carbocycles. The highest BCUT2D eigenvalue weighted by Gasteiger charge is 2.33. The Labute approximate surface area is 146 Å². The Bertz CT molecular complexity index is 669. The van der Waals surface area contributed by atoms with Gasteiger partial charge in [-0.2, -0.15) is 17.0 Å². The van der Waals surface area contributed by atoms with Crippen LogP contribution in [-0.4, -0.2) is 61.7 Å². The van der Waals surface area contributed by atoms with Gasteiger partial charge in [0.2, 0.25) is 0 Å². The van der Waals surface area contributed by atoms with Crippen molar-refractivity contribution in [1.29, 1.82) is 0 Å². The van der Waals surface area contributed by atoms with Gasteiger partial charge in [0.15, 0.2) is 0 Å². The van der Waals surface area contributed by atoms with E-state index in [1.165, 1.54) is 11.1 Å². The van der Waals surface area contributed by atoms with Gasteiger partial charge in [0, 0.05) is 39.3 Å². The highest BCUT2D eigenvalue weighted by molar-refractivity contribution is 7.86. The zero-order chi connectivity index (χ0) is 17.3. The summed E-state index contributed by atoms with van der Waals surface area (Å²) < 4.78 is 28.9. The van der Waals surface area contributed by atoms with Crippen LogP contribution in [0.5, 0.6) is 0 Å². The average molecular weight is 352 g/mol. The molecule has 134 valence electrons. The van der Waals surface area contributed by atoms with Gasteiger partial charge in [-0.15, -0.1) is 0 Å². The fraction of sp³-hybridized carbons (Fsp3) is 0.667. The molecule has 0 radical (unpaired) electrons. The van der Waals surface area contributed by atoms with E-state index in [-0.39, 0.29) is 6.04 Å². The molecule has 3 rings (SSSR count). The molecule has 1 unspecified atom stereocenters. The van der Waals surface area contributed by atoms with E-state index in [1.54, 1.807) is 15.7 Å². The summed E-state index contributed by atoms with van der Waals surface area (Å²) >= 11 is 0. The first-order chi connectivity index (χ1) is 11.4. The van der Waals surface area contributed by atoms with Gasteiger partial charge in [0.1, 0.15) is 0 Å². The standard InChI is InChI=1S/C18H29N3O2S/c1-15-8-10-21(11-9-15)24(22,23)20(3)14-18-12-16-6-4-5-7-17(16)13-19(18)2/h4-7,15,18H,8-14H2,1-3H3. The minimum Gasteiger partial charge on any atom is -0.298 e. The highest BCUT2D eigenvalue weighted by atomic mass is 32.2. The van der Waals surface area contributed by atoms with Gasteiger partial charge < -0.3 is 0 Å². The molecule has 0 bridgehead atoms. The molecule has 6 heteroatoms. The third-order valence-corrected chi connectivity index (χ3v) is 7.50. The SMILES string of the molecule is CC1CCN(S(=O)(=O)N(C)CC2Cc3ccccc3CN2C)CC1. The number of rotatable bonds is 4. The maximum atomic E-state index is 12.9. The fourth-order valence-corrected chi connectivity index (χ4v) is 5.15. The molecule has 1 aromatic carbocycles. The number of benzene rings is 1. The molecular weight excluding hydrogens is 322 g/mol. The highest BCUT2D eigenvalue weighted by Crippen LogP contribution is 2.24. The molecule has 0 amide bonds. The van der Waals surface area contributed by atoms with E-state index in [1.807, 2.05) is 0 Å². The molecule has 2 heterocycles. The van der Waals surface area contributed by atoms with Crippen LogP contribution in [0.15, 0.2) is 24.3 Å². The second kappa shape index (κ2) is 7.12. The Kier molecular flexibility index (Phi) is 5.30. The van der Waals surface area contributed by atoms with Gasteiger partial charge in [-0.1, -0.05) is 31.2 Å². The Balaban J connectivity index is 1.67. The Hall–Kier alpha value is -0.950. The van der Waals surface area contributed by atoms with Gasteiger partial charge >= 0.3 is 0 Å². The van der Waals surface area contributed by atoms with E-state index in [0.29, 0.717) is 25.6 Å². The van der Waals surface area contributed by atoms with Crippen molar-refractivity contribution < 1.29 is 8.42 Å². The molecule has 1 fully saturated rings. The van der Waals surface area contributed by atoms with Crippen LogP contribution in [0.2, 0.25) is 0 Å². The van der Waals surface area contributed by atoms with Crippen molar-refractivity contribution >= 4 is 10.2 Å². The number of likely N-dealkylation sites (N-methyl/N-ethyl adjacent to an activating group) is 2. The Morgan fingerprint density at radius 3 is 2.46 bits per heavy atom. The van der Waals surface area contributed by atoms with Gasteiger partial charge in [-0.25, -0.2) is 0 Å². The zero-order valence-corrected chi connectivity index (χ0v) is 15.8. The number of hydrogen-bond donors (Lipinski definition) is 0.